The van der Waals surface area contributed by atoms with Crippen LogP contribution in [-0.2, 0) is 16.0 Å². The maximum absolute atomic E-state index is 12.5. The molecule has 2 heterocycles. The summed E-state index contributed by atoms with van der Waals surface area (Å²) in [5.74, 6) is -4.74. The zero-order chi connectivity index (χ0) is 14.8. The van der Waals surface area contributed by atoms with Crippen molar-refractivity contribution in [2.24, 2.45) is 0 Å². The minimum absolute atomic E-state index is 0.0886. The summed E-state index contributed by atoms with van der Waals surface area (Å²) >= 11 is 1.39. The van der Waals surface area contributed by atoms with Crippen LogP contribution in [0.2, 0.25) is 0 Å². The fraction of sp³-hybridized carbons (Fsp3) is 0.455. The quantitative estimate of drug-likeness (QED) is 0.738. The fourth-order valence-corrected chi connectivity index (χ4v) is 2.20. The number of hydrogen-bond acceptors (Lipinski definition) is 4. The summed E-state index contributed by atoms with van der Waals surface area (Å²) in [6.45, 7) is -2.12. The third-order valence-corrected chi connectivity index (χ3v) is 3.17. The first-order valence-corrected chi connectivity index (χ1v) is 6.43. The van der Waals surface area contributed by atoms with Crippen molar-refractivity contribution in [1.82, 2.24) is 9.38 Å². The fourth-order valence-electron chi connectivity index (χ4n) is 1.48. The van der Waals surface area contributed by atoms with Gasteiger partial charge in [0.25, 0.3) is 0 Å². The van der Waals surface area contributed by atoms with Crippen LogP contribution in [0, 0.1) is 0 Å². The lowest BCUT2D eigenvalue weighted by molar-refractivity contribution is -0.168. The average molecular weight is 310 g/mol. The van der Waals surface area contributed by atoms with Crippen molar-refractivity contribution in [2.45, 2.75) is 18.8 Å². The van der Waals surface area contributed by atoms with E-state index in [4.69, 9.17) is 0 Å². The van der Waals surface area contributed by atoms with Crippen molar-refractivity contribution in [2.75, 3.05) is 13.2 Å². The Kier molecular flexibility index (Phi) is 4.39. The van der Waals surface area contributed by atoms with Gasteiger partial charge in [0.2, 0.25) is 0 Å². The molecule has 2 rings (SSSR count). The number of alkyl halides is 4. The second-order valence-corrected chi connectivity index (χ2v) is 4.97. The number of ether oxygens (including phenoxy) is 1. The predicted octanol–water partition coefficient (Wildman–Crippen LogP) is 2.42. The van der Waals surface area contributed by atoms with Crippen LogP contribution in [-0.4, -0.2) is 40.7 Å². The number of ketones is 1. The molecule has 0 aromatic carbocycles. The molecule has 0 spiro atoms. The van der Waals surface area contributed by atoms with Gasteiger partial charge in [-0.3, -0.25) is 9.20 Å². The van der Waals surface area contributed by atoms with Crippen LogP contribution < -0.4 is 0 Å². The molecule has 4 nitrogen and oxygen atoms in total. The summed E-state index contributed by atoms with van der Waals surface area (Å²) in [5.41, 5.74) is 0.478. The molecule has 0 amide bonds. The Labute approximate surface area is 115 Å². The summed E-state index contributed by atoms with van der Waals surface area (Å²) in [6, 6.07) is 0. The number of fused-ring (bicyclic) bond motifs is 1. The van der Waals surface area contributed by atoms with Gasteiger partial charge in [-0.1, -0.05) is 0 Å². The molecular formula is C11H10F4N2O2S. The van der Waals surface area contributed by atoms with Crippen molar-refractivity contribution in [3.8, 4) is 0 Å². The normalized spacial score (nSPS) is 12.4. The lowest BCUT2D eigenvalue weighted by Gasteiger charge is -2.14. The van der Waals surface area contributed by atoms with Crippen LogP contribution in [0.3, 0.4) is 0 Å². The standard InChI is InChI=1S/C11H10F4N2O2S/c12-9(13)11(14,15)6-19-5-8(18)3-7-4-17-1-2-20-10(17)16-7/h1-2,4,9H,3,5-6H2. The first-order chi connectivity index (χ1) is 9.38. The monoisotopic (exact) mass is 310 g/mol. The number of Topliss-reactive ketones (excluding diaryl/α,β-unsaturated/α-hetero) is 1. The maximum atomic E-state index is 12.5. The summed E-state index contributed by atoms with van der Waals surface area (Å²) in [6.07, 6.45) is -0.496. The number of hydrogen-bond donors (Lipinski definition) is 0. The Balaban J connectivity index is 1.80. The van der Waals surface area contributed by atoms with E-state index in [2.05, 4.69) is 9.72 Å². The minimum atomic E-state index is -4.24. The van der Waals surface area contributed by atoms with E-state index in [1.807, 2.05) is 5.38 Å². The number of halogens is 4. The molecule has 0 aliphatic heterocycles. The van der Waals surface area contributed by atoms with Gasteiger partial charge in [-0.25, -0.2) is 13.8 Å². The van der Waals surface area contributed by atoms with Gasteiger partial charge in [-0.15, -0.1) is 11.3 Å². The number of thiazole rings is 1. The van der Waals surface area contributed by atoms with Crippen molar-refractivity contribution in [3.05, 3.63) is 23.5 Å². The van der Waals surface area contributed by atoms with E-state index >= 15 is 0 Å². The number of aromatic nitrogens is 2. The lowest BCUT2D eigenvalue weighted by atomic mass is 10.2. The van der Waals surface area contributed by atoms with Crippen molar-refractivity contribution < 1.29 is 27.1 Å². The van der Waals surface area contributed by atoms with E-state index in [1.165, 1.54) is 11.3 Å². The van der Waals surface area contributed by atoms with Crippen molar-refractivity contribution in [3.63, 3.8) is 0 Å². The summed E-state index contributed by atoms with van der Waals surface area (Å²) in [5, 5.41) is 1.82. The molecule has 2 aromatic heterocycles. The zero-order valence-electron chi connectivity index (χ0n) is 10.1. The second-order valence-electron chi connectivity index (χ2n) is 4.10. The van der Waals surface area contributed by atoms with Crippen molar-refractivity contribution >= 4 is 22.1 Å². The van der Waals surface area contributed by atoms with Gasteiger partial charge < -0.3 is 4.74 Å². The molecule has 0 aliphatic rings. The van der Waals surface area contributed by atoms with E-state index in [-0.39, 0.29) is 6.42 Å². The van der Waals surface area contributed by atoms with Gasteiger partial charge in [0.1, 0.15) is 13.2 Å². The Morgan fingerprint density at radius 1 is 1.50 bits per heavy atom. The number of imidazole rings is 1. The third kappa shape index (κ3) is 3.54. The molecule has 2 aromatic rings. The molecule has 0 atom stereocenters. The molecule has 0 radical (unpaired) electrons. The molecule has 0 aliphatic carbocycles. The Bertz CT molecular complexity index is 568. The average Bonchev–Trinajstić information content (AvgIpc) is 2.88. The number of rotatable bonds is 7. The largest absolute Gasteiger partial charge is 0.367 e. The van der Waals surface area contributed by atoms with Crippen LogP contribution in [0.4, 0.5) is 17.6 Å². The number of carbonyl (C=O) groups is 1. The highest BCUT2D eigenvalue weighted by Crippen LogP contribution is 2.22. The van der Waals surface area contributed by atoms with Gasteiger partial charge in [0.05, 0.1) is 12.1 Å². The van der Waals surface area contributed by atoms with Gasteiger partial charge in [-0.05, 0) is 0 Å². The molecule has 0 bridgehead atoms. The van der Waals surface area contributed by atoms with Crippen LogP contribution in [0.5, 0.6) is 0 Å². The summed E-state index contributed by atoms with van der Waals surface area (Å²) in [4.78, 5) is 16.3. The number of carbonyl (C=O) groups excluding carboxylic acids is 1. The molecular weight excluding hydrogens is 300 g/mol. The van der Waals surface area contributed by atoms with Crippen LogP contribution in [0.25, 0.3) is 4.96 Å². The van der Waals surface area contributed by atoms with E-state index in [9.17, 15) is 22.4 Å². The van der Waals surface area contributed by atoms with Crippen LogP contribution >= 0.6 is 11.3 Å². The van der Waals surface area contributed by atoms with E-state index in [0.717, 1.165) is 0 Å². The SMILES string of the molecule is O=C(COCC(F)(F)C(F)F)Cc1cn2ccsc2n1. The lowest BCUT2D eigenvalue weighted by Crippen LogP contribution is -2.33. The second kappa shape index (κ2) is 5.88. The minimum Gasteiger partial charge on any atom is -0.367 e. The number of nitrogens with zero attached hydrogens (tertiary/aromatic N) is 2. The molecule has 0 saturated carbocycles. The van der Waals surface area contributed by atoms with E-state index < -0.39 is 31.3 Å². The Hall–Kier alpha value is -1.48. The van der Waals surface area contributed by atoms with E-state index in [0.29, 0.717) is 10.7 Å². The highest BCUT2D eigenvalue weighted by molar-refractivity contribution is 7.15. The van der Waals surface area contributed by atoms with Gasteiger partial charge in [0, 0.05) is 17.8 Å². The molecule has 9 heteroatoms. The Morgan fingerprint density at radius 3 is 2.90 bits per heavy atom. The summed E-state index contributed by atoms with van der Waals surface area (Å²) < 4.78 is 54.8. The molecule has 0 N–H and O–H groups in total. The third-order valence-electron chi connectivity index (χ3n) is 2.40. The smallest absolute Gasteiger partial charge is 0.330 e. The zero-order valence-corrected chi connectivity index (χ0v) is 10.9. The van der Waals surface area contributed by atoms with E-state index in [1.54, 1.807) is 16.8 Å². The van der Waals surface area contributed by atoms with Crippen LogP contribution in [0.1, 0.15) is 5.69 Å². The molecule has 0 saturated heterocycles. The Morgan fingerprint density at radius 2 is 2.25 bits per heavy atom. The van der Waals surface area contributed by atoms with Gasteiger partial charge in [-0.2, -0.15) is 8.78 Å². The molecule has 20 heavy (non-hydrogen) atoms. The molecule has 110 valence electrons. The first-order valence-electron chi connectivity index (χ1n) is 5.55. The highest BCUT2D eigenvalue weighted by Gasteiger charge is 2.41. The highest BCUT2D eigenvalue weighted by atomic mass is 32.1. The van der Waals surface area contributed by atoms with Gasteiger partial charge in [0.15, 0.2) is 10.7 Å². The molecule has 0 fully saturated rings. The topological polar surface area (TPSA) is 43.6 Å². The first kappa shape index (κ1) is 14.9. The molecule has 0 unspecified atom stereocenters. The predicted molar refractivity (Wildman–Crippen MR) is 63.6 cm³/mol. The van der Waals surface area contributed by atoms with Crippen molar-refractivity contribution in [1.29, 1.82) is 0 Å². The summed E-state index contributed by atoms with van der Waals surface area (Å²) in [7, 11) is 0. The van der Waals surface area contributed by atoms with Gasteiger partial charge >= 0.3 is 12.3 Å². The maximum Gasteiger partial charge on any atom is 0.330 e. The van der Waals surface area contributed by atoms with Crippen LogP contribution in [0.15, 0.2) is 17.8 Å².